The lowest BCUT2D eigenvalue weighted by molar-refractivity contribution is -0.116. The number of anilines is 2. The average molecular weight is 391 g/mol. The van der Waals surface area contributed by atoms with Crippen LogP contribution in [0.5, 0.6) is 0 Å². The molecular weight excluding hydrogens is 370 g/mol. The van der Waals surface area contributed by atoms with Crippen molar-refractivity contribution < 1.29 is 13.9 Å². The standard InChI is InChI=1S/C21H21N5O3/c27-20(25-16-11-23-6-5-17(16)26-9-7-22-8-10-26)19-12-24-21(29-19)15-13-28-18-4-2-1-3-14(15)18/h1-6,11-13,21-22,24H,7-10H2,(H,25,27). The van der Waals surface area contributed by atoms with E-state index in [1.54, 1.807) is 24.9 Å². The van der Waals surface area contributed by atoms with Crippen LogP contribution in [0.4, 0.5) is 11.4 Å². The van der Waals surface area contributed by atoms with Gasteiger partial charge in [-0.1, -0.05) is 18.2 Å². The quantitative estimate of drug-likeness (QED) is 0.629. The van der Waals surface area contributed by atoms with Gasteiger partial charge in [-0.15, -0.1) is 0 Å². The van der Waals surface area contributed by atoms with Gasteiger partial charge in [-0.05, 0) is 12.1 Å². The SMILES string of the molecule is O=C(Nc1cnccc1N1CCNCC1)C1=CNC(c2coc3ccccc23)O1. The zero-order valence-corrected chi connectivity index (χ0v) is 15.7. The van der Waals surface area contributed by atoms with Crippen molar-refractivity contribution in [1.82, 2.24) is 15.6 Å². The molecule has 2 aliphatic heterocycles. The second-order valence-corrected chi connectivity index (χ2v) is 6.94. The number of rotatable bonds is 4. The molecule has 5 rings (SSSR count). The fourth-order valence-corrected chi connectivity index (χ4v) is 3.67. The van der Waals surface area contributed by atoms with Gasteiger partial charge in [-0.2, -0.15) is 0 Å². The monoisotopic (exact) mass is 391 g/mol. The summed E-state index contributed by atoms with van der Waals surface area (Å²) in [4.78, 5) is 19.2. The minimum absolute atomic E-state index is 0.218. The molecule has 0 radical (unpaired) electrons. The number of hydrogen-bond acceptors (Lipinski definition) is 7. The summed E-state index contributed by atoms with van der Waals surface area (Å²) in [5.41, 5.74) is 3.25. The Bertz CT molecular complexity index is 1070. The Morgan fingerprint density at radius 2 is 2.07 bits per heavy atom. The summed E-state index contributed by atoms with van der Waals surface area (Å²) < 4.78 is 11.4. The maximum Gasteiger partial charge on any atom is 0.292 e. The summed E-state index contributed by atoms with van der Waals surface area (Å²) in [5.74, 6) is -0.104. The summed E-state index contributed by atoms with van der Waals surface area (Å²) in [7, 11) is 0. The smallest absolute Gasteiger partial charge is 0.292 e. The number of para-hydroxylation sites is 1. The summed E-state index contributed by atoms with van der Waals surface area (Å²) in [5, 5.41) is 10.3. The third-order valence-electron chi connectivity index (χ3n) is 5.13. The summed E-state index contributed by atoms with van der Waals surface area (Å²) in [6, 6.07) is 9.64. The van der Waals surface area contributed by atoms with Crippen molar-refractivity contribution in [3.63, 3.8) is 0 Å². The number of carbonyl (C=O) groups is 1. The molecule has 29 heavy (non-hydrogen) atoms. The van der Waals surface area contributed by atoms with E-state index in [4.69, 9.17) is 9.15 Å². The van der Waals surface area contributed by atoms with Gasteiger partial charge in [0.15, 0.2) is 6.23 Å². The van der Waals surface area contributed by atoms with Gasteiger partial charge in [0, 0.05) is 44.0 Å². The van der Waals surface area contributed by atoms with E-state index >= 15 is 0 Å². The van der Waals surface area contributed by atoms with Crippen LogP contribution in [-0.4, -0.2) is 37.1 Å². The van der Waals surface area contributed by atoms with E-state index in [1.807, 2.05) is 30.3 Å². The highest BCUT2D eigenvalue weighted by molar-refractivity contribution is 6.04. The minimum Gasteiger partial charge on any atom is -0.464 e. The number of amides is 1. The number of benzene rings is 1. The molecule has 148 valence electrons. The number of hydrogen-bond donors (Lipinski definition) is 3. The second kappa shape index (κ2) is 7.48. The van der Waals surface area contributed by atoms with Crippen LogP contribution < -0.4 is 20.9 Å². The lowest BCUT2D eigenvalue weighted by atomic mass is 10.1. The second-order valence-electron chi connectivity index (χ2n) is 6.94. The number of furan rings is 1. The van der Waals surface area contributed by atoms with Gasteiger partial charge in [0.2, 0.25) is 5.76 Å². The Morgan fingerprint density at radius 3 is 2.97 bits per heavy atom. The fourth-order valence-electron chi connectivity index (χ4n) is 3.67. The topological polar surface area (TPSA) is 91.7 Å². The highest BCUT2D eigenvalue weighted by Crippen LogP contribution is 2.32. The molecule has 0 aliphatic carbocycles. The van der Waals surface area contributed by atoms with Gasteiger partial charge in [0.05, 0.1) is 23.1 Å². The molecule has 1 saturated heterocycles. The molecule has 1 amide bonds. The molecule has 0 spiro atoms. The van der Waals surface area contributed by atoms with Gasteiger partial charge in [-0.25, -0.2) is 0 Å². The summed E-state index contributed by atoms with van der Waals surface area (Å²) in [6.45, 7) is 3.58. The molecule has 1 aromatic carbocycles. The van der Waals surface area contributed by atoms with Crippen LogP contribution in [0.25, 0.3) is 11.0 Å². The van der Waals surface area contributed by atoms with Crippen LogP contribution in [-0.2, 0) is 9.53 Å². The van der Waals surface area contributed by atoms with E-state index in [0.717, 1.165) is 48.4 Å². The van der Waals surface area contributed by atoms with Crippen molar-refractivity contribution in [3.05, 3.63) is 66.5 Å². The number of ether oxygens (including phenoxy) is 1. The normalized spacial score (nSPS) is 18.8. The largest absolute Gasteiger partial charge is 0.464 e. The molecule has 3 N–H and O–H groups in total. The van der Waals surface area contributed by atoms with Crippen LogP contribution in [0, 0.1) is 0 Å². The van der Waals surface area contributed by atoms with Gasteiger partial charge in [0.1, 0.15) is 11.8 Å². The van der Waals surface area contributed by atoms with E-state index in [2.05, 4.69) is 25.8 Å². The molecule has 8 nitrogen and oxygen atoms in total. The number of nitrogens with zero attached hydrogens (tertiary/aromatic N) is 2. The Labute approximate surface area is 167 Å². The highest BCUT2D eigenvalue weighted by atomic mass is 16.5. The Morgan fingerprint density at radius 1 is 1.21 bits per heavy atom. The molecule has 2 aromatic heterocycles. The van der Waals surface area contributed by atoms with Gasteiger partial charge < -0.3 is 30.0 Å². The first-order valence-corrected chi connectivity index (χ1v) is 9.59. The Balaban J connectivity index is 1.30. The molecule has 1 atom stereocenters. The van der Waals surface area contributed by atoms with E-state index in [9.17, 15) is 4.79 Å². The first kappa shape index (κ1) is 17.6. The van der Waals surface area contributed by atoms with Crippen LogP contribution >= 0.6 is 0 Å². The zero-order chi connectivity index (χ0) is 19.6. The molecule has 0 saturated carbocycles. The third kappa shape index (κ3) is 3.38. The molecule has 3 aromatic rings. The van der Waals surface area contributed by atoms with Crippen molar-refractivity contribution in [2.24, 2.45) is 0 Å². The predicted molar refractivity (Wildman–Crippen MR) is 109 cm³/mol. The third-order valence-corrected chi connectivity index (χ3v) is 5.13. The first-order chi connectivity index (χ1) is 14.3. The van der Waals surface area contributed by atoms with Crippen molar-refractivity contribution in [3.8, 4) is 0 Å². The summed E-state index contributed by atoms with van der Waals surface area (Å²) in [6.07, 6.45) is 6.17. The fraction of sp³-hybridized carbons (Fsp3) is 0.238. The number of pyridine rings is 1. The molecule has 2 aliphatic rings. The lowest BCUT2D eigenvalue weighted by Gasteiger charge is -2.30. The maximum atomic E-state index is 12.8. The number of carbonyl (C=O) groups excluding carboxylic acids is 1. The molecule has 8 heteroatoms. The van der Waals surface area contributed by atoms with Crippen molar-refractivity contribution in [2.45, 2.75) is 6.23 Å². The molecule has 1 unspecified atom stereocenters. The predicted octanol–water partition coefficient (Wildman–Crippen LogP) is 2.34. The number of nitrogens with one attached hydrogen (secondary N) is 3. The van der Waals surface area contributed by atoms with Crippen LogP contribution in [0.2, 0.25) is 0 Å². The Kier molecular flexibility index (Phi) is 4.53. The van der Waals surface area contributed by atoms with Gasteiger partial charge in [-0.3, -0.25) is 9.78 Å². The van der Waals surface area contributed by atoms with Crippen LogP contribution in [0.1, 0.15) is 11.8 Å². The molecule has 0 bridgehead atoms. The number of aromatic nitrogens is 1. The van der Waals surface area contributed by atoms with Crippen LogP contribution in [0.3, 0.4) is 0 Å². The Hall–Kier alpha value is -3.52. The summed E-state index contributed by atoms with van der Waals surface area (Å²) >= 11 is 0. The van der Waals surface area contributed by atoms with Crippen molar-refractivity contribution in [1.29, 1.82) is 0 Å². The van der Waals surface area contributed by atoms with E-state index in [1.165, 1.54) is 0 Å². The number of piperazine rings is 1. The van der Waals surface area contributed by atoms with Gasteiger partial charge >= 0.3 is 0 Å². The van der Waals surface area contributed by atoms with Gasteiger partial charge in [0.25, 0.3) is 5.91 Å². The van der Waals surface area contributed by atoms with Crippen LogP contribution in [0.15, 0.2) is 65.4 Å². The van der Waals surface area contributed by atoms with E-state index in [0.29, 0.717) is 5.69 Å². The minimum atomic E-state index is -0.471. The van der Waals surface area contributed by atoms with Crippen molar-refractivity contribution in [2.75, 3.05) is 36.4 Å². The van der Waals surface area contributed by atoms with E-state index in [-0.39, 0.29) is 11.7 Å². The maximum absolute atomic E-state index is 12.8. The van der Waals surface area contributed by atoms with E-state index < -0.39 is 6.23 Å². The molecule has 1 fully saturated rings. The molecule has 4 heterocycles. The van der Waals surface area contributed by atoms with Crippen molar-refractivity contribution >= 4 is 28.3 Å². The highest BCUT2D eigenvalue weighted by Gasteiger charge is 2.27. The first-order valence-electron chi connectivity index (χ1n) is 9.59. The number of fused-ring (bicyclic) bond motifs is 1. The molecular formula is C21H21N5O3. The zero-order valence-electron chi connectivity index (χ0n) is 15.7. The average Bonchev–Trinajstić information content (AvgIpc) is 3.42. The lowest BCUT2D eigenvalue weighted by Crippen LogP contribution is -2.43.